The van der Waals surface area contributed by atoms with Crippen LogP contribution < -0.4 is 16.0 Å². The maximum Gasteiger partial charge on any atom is 0.237 e. The summed E-state index contributed by atoms with van der Waals surface area (Å²) >= 11 is 0. The molecule has 0 radical (unpaired) electrons. The zero-order valence-corrected chi connectivity index (χ0v) is 12.2. The Morgan fingerprint density at radius 1 is 1.00 bits per heavy atom. The van der Waals surface area contributed by atoms with E-state index in [1.807, 2.05) is 13.8 Å². The number of carbonyl (C=O) groups is 2. The van der Waals surface area contributed by atoms with Crippen molar-refractivity contribution >= 4 is 11.8 Å². The molecule has 0 saturated carbocycles. The van der Waals surface area contributed by atoms with Crippen LogP contribution in [-0.4, -0.2) is 36.5 Å². The van der Waals surface area contributed by atoms with Gasteiger partial charge in [-0.25, -0.2) is 0 Å². The molecule has 0 aliphatic rings. The van der Waals surface area contributed by atoms with Crippen molar-refractivity contribution in [2.24, 2.45) is 0 Å². The van der Waals surface area contributed by atoms with Crippen LogP contribution in [0.15, 0.2) is 0 Å². The molecule has 0 aromatic rings. The van der Waals surface area contributed by atoms with E-state index in [0.29, 0.717) is 6.54 Å². The largest absolute Gasteiger partial charge is 0.355 e. The van der Waals surface area contributed by atoms with Crippen LogP contribution in [0.25, 0.3) is 0 Å². The van der Waals surface area contributed by atoms with E-state index < -0.39 is 0 Å². The first-order valence-electron chi connectivity index (χ1n) is 6.72. The maximum atomic E-state index is 11.7. The van der Waals surface area contributed by atoms with Crippen LogP contribution in [0.1, 0.15) is 47.5 Å². The monoisotopic (exact) mass is 257 g/mol. The van der Waals surface area contributed by atoms with Crippen molar-refractivity contribution in [3.05, 3.63) is 0 Å². The van der Waals surface area contributed by atoms with Crippen molar-refractivity contribution in [1.82, 2.24) is 16.0 Å². The molecule has 2 amide bonds. The highest BCUT2D eigenvalue weighted by Crippen LogP contribution is 1.91. The van der Waals surface area contributed by atoms with Crippen molar-refractivity contribution in [3.8, 4) is 0 Å². The fourth-order valence-electron chi connectivity index (χ4n) is 1.48. The molecule has 0 fully saturated rings. The summed E-state index contributed by atoms with van der Waals surface area (Å²) in [7, 11) is 0. The molecule has 0 aromatic carbocycles. The van der Waals surface area contributed by atoms with E-state index in [1.165, 1.54) is 0 Å². The second-order valence-corrected chi connectivity index (χ2v) is 4.92. The SMILES string of the molecule is CCCCNC(=O)C(C)NC(C)C(=O)NC(C)C. The molecular formula is C13H27N3O2. The predicted octanol–water partition coefficient (Wildman–Crippen LogP) is 0.794. The van der Waals surface area contributed by atoms with Crippen LogP contribution in [0.2, 0.25) is 0 Å². The summed E-state index contributed by atoms with van der Waals surface area (Å²) in [4.78, 5) is 23.4. The van der Waals surface area contributed by atoms with Gasteiger partial charge in [-0.05, 0) is 34.1 Å². The molecular weight excluding hydrogens is 230 g/mol. The number of carbonyl (C=O) groups excluding carboxylic acids is 2. The van der Waals surface area contributed by atoms with E-state index in [2.05, 4.69) is 22.9 Å². The first-order valence-corrected chi connectivity index (χ1v) is 6.72. The van der Waals surface area contributed by atoms with Crippen molar-refractivity contribution in [2.75, 3.05) is 6.54 Å². The van der Waals surface area contributed by atoms with Crippen LogP contribution in [0.4, 0.5) is 0 Å². The highest BCUT2D eigenvalue weighted by molar-refractivity contribution is 5.84. The van der Waals surface area contributed by atoms with Gasteiger partial charge in [-0.1, -0.05) is 13.3 Å². The Labute approximate surface area is 110 Å². The third-order valence-electron chi connectivity index (χ3n) is 2.55. The van der Waals surface area contributed by atoms with Crippen molar-refractivity contribution in [3.63, 3.8) is 0 Å². The Hall–Kier alpha value is -1.10. The lowest BCUT2D eigenvalue weighted by Crippen LogP contribution is -2.52. The summed E-state index contributed by atoms with van der Waals surface area (Å²) in [6.45, 7) is 10.1. The molecule has 0 saturated heterocycles. The van der Waals surface area contributed by atoms with Crippen LogP contribution >= 0.6 is 0 Å². The van der Waals surface area contributed by atoms with Crippen LogP contribution in [0.3, 0.4) is 0 Å². The summed E-state index contributed by atoms with van der Waals surface area (Å²) in [6, 6.07) is -0.635. The number of nitrogens with one attached hydrogen (secondary N) is 3. The summed E-state index contributed by atoms with van der Waals surface area (Å²) < 4.78 is 0. The smallest absolute Gasteiger partial charge is 0.237 e. The fraction of sp³-hybridized carbons (Fsp3) is 0.846. The summed E-state index contributed by atoms with van der Waals surface area (Å²) in [5.41, 5.74) is 0. The Bertz CT molecular complexity index is 267. The van der Waals surface area contributed by atoms with E-state index >= 15 is 0 Å². The lowest BCUT2D eigenvalue weighted by Gasteiger charge is -2.20. The molecule has 0 spiro atoms. The lowest BCUT2D eigenvalue weighted by molar-refractivity contribution is -0.125. The van der Waals surface area contributed by atoms with Gasteiger partial charge in [0.2, 0.25) is 11.8 Å². The van der Waals surface area contributed by atoms with Gasteiger partial charge in [0.1, 0.15) is 0 Å². The highest BCUT2D eigenvalue weighted by Gasteiger charge is 2.19. The summed E-state index contributed by atoms with van der Waals surface area (Å²) in [5, 5.41) is 8.63. The summed E-state index contributed by atoms with van der Waals surface area (Å²) in [6.07, 6.45) is 2.02. The Morgan fingerprint density at radius 2 is 1.56 bits per heavy atom. The third kappa shape index (κ3) is 7.27. The van der Waals surface area contributed by atoms with Gasteiger partial charge < -0.3 is 10.6 Å². The highest BCUT2D eigenvalue weighted by atomic mass is 16.2. The van der Waals surface area contributed by atoms with Gasteiger partial charge in [-0.15, -0.1) is 0 Å². The Balaban J connectivity index is 4.01. The van der Waals surface area contributed by atoms with Gasteiger partial charge in [0.15, 0.2) is 0 Å². The molecule has 0 aliphatic heterocycles. The van der Waals surface area contributed by atoms with Gasteiger partial charge >= 0.3 is 0 Å². The molecule has 3 N–H and O–H groups in total. The molecule has 0 aromatic heterocycles. The fourth-order valence-corrected chi connectivity index (χ4v) is 1.48. The average Bonchev–Trinajstić information content (AvgIpc) is 2.28. The molecule has 0 bridgehead atoms. The zero-order chi connectivity index (χ0) is 14.1. The average molecular weight is 257 g/mol. The van der Waals surface area contributed by atoms with E-state index in [9.17, 15) is 9.59 Å². The number of amides is 2. The second kappa shape index (κ2) is 8.91. The first kappa shape index (κ1) is 16.9. The molecule has 106 valence electrons. The van der Waals surface area contributed by atoms with Gasteiger partial charge in [-0.3, -0.25) is 14.9 Å². The molecule has 0 aliphatic carbocycles. The number of rotatable bonds is 8. The number of hydrogen-bond donors (Lipinski definition) is 3. The quantitative estimate of drug-likeness (QED) is 0.563. The van der Waals surface area contributed by atoms with Crippen molar-refractivity contribution < 1.29 is 9.59 Å². The zero-order valence-electron chi connectivity index (χ0n) is 12.2. The van der Waals surface area contributed by atoms with Crippen LogP contribution in [0, 0.1) is 0 Å². The Kier molecular flexibility index (Phi) is 8.37. The minimum Gasteiger partial charge on any atom is -0.355 e. The first-order chi connectivity index (χ1) is 8.38. The van der Waals surface area contributed by atoms with E-state index in [-0.39, 0.29) is 29.9 Å². The van der Waals surface area contributed by atoms with E-state index in [0.717, 1.165) is 12.8 Å². The van der Waals surface area contributed by atoms with E-state index in [1.54, 1.807) is 13.8 Å². The van der Waals surface area contributed by atoms with Gasteiger partial charge in [-0.2, -0.15) is 0 Å². The molecule has 0 rings (SSSR count). The topological polar surface area (TPSA) is 70.2 Å². The van der Waals surface area contributed by atoms with Crippen LogP contribution in [0.5, 0.6) is 0 Å². The maximum absolute atomic E-state index is 11.7. The third-order valence-corrected chi connectivity index (χ3v) is 2.55. The summed E-state index contributed by atoms with van der Waals surface area (Å²) in [5.74, 6) is -0.147. The number of unbranched alkanes of at least 4 members (excludes halogenated alkanes) is 1. The minimum atomic E-state index is -0.376. The van der Waals surface area contributed by atoms with Gasteiger partial charge in [0, 0.05) is 12.6 Å². The molecule has 5 heteroatoms. The predicted molar refractivity (Wildman–Crippen MR) is 73.3 cm³/mol. The van der Waals surface area contributed by atoms with Crippen LogP contribution in [-0.2, 0) is 9.59 Å². The number of hydrogen-bond acceptors (Lipinski definition) is 3. The van der Waals surface area contributed by atoms with Crippen molar-refractivity contribution in [2.45, 2.75) is 65.6 Å². The van der Waals surface area contributed by atoms with E-state index in [4.69, 9.17) is 0 Å². The van der Waals surface area contributed by atoms with Crippen molar-refractivity contribution in [1.29, 1.82) is 0 Å². The molecule has 0 heterocycles. The second-order valence-electron chi connectivity index (χ2n) is 4.92. The van der Waals surface area contributed by atoms with Gasteiger partial charge in [0.25, 0.3) is 0 Å². The standard InChI is InChI=1S/C13H27N3O2/c1-6-7-8-14-12(17)10(4)16-11(5)13(18)15-9(2)3/h9-11,16H,6-8H2,1-5H3,(H,14,17)(H,15,18). The molecule has 2 unspecified atom stereocenters. The molecule has 5 nitrogen and oxygen atoms in total. The normalized spacial score (nSPS) is 14.1. The lowest BCUT2D eigenvalue weighted by atomic mass is 10.2. The van der Waals surface area contributed by atoms with Gasteiger partial charge in [0.05, 0.1) is 12.1 Å². The Morgan fingerprint density at radius 3 is 2.06 bits per heavy atom. The minimum absolute atomic E-state index is 0.0624. The molecule has 2 atom stereocenters. The molecule has 18 heavy (non-hydrogen) atoms.